The molecule has 21 heavy (non-hydrogen) atoms. The Hall–Kier alpha value is -2.77. The number of carbonyl (C=O) groups excluding carboxylic acids is 1. The molecule has 0 unspecified atom stereocenters. The average molecular weight is 280 g/mol. The molecule has 2 aromatic rings. The summed E-state index contributed by atoms with van der Waals surface area (Å²) in [5, 5.41) is 12.1. The number of phenolic OH excluding ortho intramolecular Hbond substituents is 1. The molecule has 106 valence electrons. The van der Waals surface area contributed by atoms with Crippen LogP contribution >= 0.6 is 0 Å². The number of nitrogens with two attached hydrogens (primary N) is 1. The van der Waals surface area contributed by atoms with Gasteiger partial charge < -0.3 is 16.2 Å². The molecule has 0 aliphatic rings. The van der Waals surface area contributed by atoms with E-state index in [4.69, 9.17) is 5.73 Å². The lowest BCUT2D eigenvalue weighted by Crippen LogP contribution is -2.12. The minimum absolute atomic E-state index is 0.122. The molecule has 4 nitrogen and oxygen atoms in total. The van der Waals surface area contributed by atoms with Gasteiger partial charge in [-0.15, -0.1) is 0 Å². The zero-order valence-electron chi connectivity index (χ0n) is 11.7. The molecule has 0 aromatic heterocycles. The first-order valence-electron chi connectivity index (χ1n) is 6.50. The van der Waals surface area contributed by atoms with Crippen molar-refractivity contribution in [1.82, 2.24) is 0 Å². The van der Waals surface area contributed by atoms with Crippen molar-refractivity contribution in [3.8, 4) is 17.6 Å². The van der Waals surface area contributed by atoms with E-state index in [0.717, 1.165) is 11.1 Å². The lowest BCUT2D eigenvalue weighted by Gasteiger charge is -2.08. The number of benzene rings is 2. The number of rotatable bonds is 2. The minimum Gasteiger partial charge on any atom is -0.508 e. The van der Waals surface area contributed by atoms with Crippen LogP contribution in [0.4, 0.5) is 5.69 Å². The first-order chi connectivity index (χ1) is 10.1. The van der Waals surface area contributed by atoms with Crippen LogP contribution < -0.4 is 11.1 Å². The smallest absolute Gasteiger partial charge is 0.255 e. The number of hydrogen-bond acceptors (Lipinski definition) is 3. The molecule has 0 bridgehead atoms. The molecule has 1 amide bonds. The summed E-state index contributed by atoms with van der Waals surface area (Å²) in [5.74, 6) is 5.60. The second-order valence-corrected chi connectivity index (χ2v) is 4.56. The Balaban J connectivity index is 2.26. The van der Waals surface area contributed by atoms with Gasteiger partial charge in [-0.1, -0.05) is 17.9 Å². The van der Waals surface area contributed by atoms with Crippen LogP contribution in [0.1, 0.15) is 21.5 Å². The molecule has 0 heterocycles. The van der Waals surface area contributed by atoms with Gasteiger partial charge in [0.05, 0.1) is 12.2 Å². The van der Waals surface area contributed by atoms with Crippen LogP contribution in [0.25, 0.3) is 0 Å². The number of amides is 1. The SMILES string of the molecule is Cc1ccc(NC(=O)c2ccc(O)cc2)c(C#CCN)c1. The summed E-state index contributed by atoms with van der Waals surface area (Å²) in [6, 6.07) is 11.7. The quantitative estimate of drug-likeness (QED) is 0.739. The van der Waals surface area contributed by atoms with Gasteiger partial charge in [-0.2, -0.15) is 0 Å². The van der Waals surface area contributed by atoms with Crippen molar-refractivity contribution in [2.45, 2.75) is 6.92 Å². The summed E-state index contributed by atoms with van der Waals surface area (Å²) >= 11 is 0. The van der Waals surface area contributed by atoms with Gasteiger partial charge in [0, 0.05) is 11.1 Å². The Labute approximate surface area is 123 Å². The van der Waals surface area contributed by atoms with Gasteiger partial charge in [0.15, 0.2) is 0 Å². The van der Waals surface area contributed by atoms with Gasteiger partial charge in [-0.05, 0) is 48.9 Å². The molecule has 0 radical (unpaired) electrons. The topological polar surface area (TPSA) is 75.3 Å². The molecule has 2 rings (SSSR count). The molecular formula is C17H16N2O2. The highest BCUT2D eigenvalue weighted by Crippen LogP contribution is 2.18. The van der Waals surface area contributed by atoms with Gasteiger partial charge in [-0.3, -0.25) is 4.79 Å². The third kappa shape index (κ3) is 3.85. The lowest BCUT2D eigenvalue weighted by atomic mass is 10.1. The van der Waals surface area contributed by atoms with Crippen LogP contribution in [0, 0.1) is 18.8 Å². The normalized spacial score (nSPS) is 9.62. The van der Waals surface area contributed by atoms with E-state index in [1.165, 1.54) is 12.1 Å². The molecule has 4 heteroatoms. The van der Waals surface area contributed by atoms with Crippen molar-refractivity contribution in [3.05, 3.63) is 59.2 Å². The van der Waals surface area contributed by atoms with Crippen molar-refractivity contribution in [2.75, 3.05) is 11.9 Å². The lowest BCUT2D eigenvalue weighted by molar-refractivity contribution is 0.102. The van der Waals surface area contributed by atoms with E-state index in [1.807, 2.05) is 25.1 Å². The zero-order valence-corrected chi connectivity index (χ0v) is 11.7. The van der Waals surface area contributed by atoms with Crippen molar-refractivity contribution >= 4 is 11.6 Å². The molecule has 0 spiro atoms. The fourth-order valence-corrected chi connectivity index (χ4v) is 1.82. The van der Waals surface area contributed by atoms with E-state index < -0.39 is 0 Å². The van der Waals surface area contributed by atoms with Gasteiger partial charge in [0.2, 0.25) is 0 Å². The van der Waals surface area contributed by atoms with Gasteiger partial charge in [-0.25, -0.2) is 0 Å². The third-order valence-corrected chi connectivity index (χ3v) is 2.88. The summed E-state index contributed by atoms with van der Waals surface area (Å²) < 4.78 is 0. The van der Waals surface area contributed by atoms with Crippen LogP contribution in [-0.4, -0.2) is 17.6 Å². The Bertz CT molecular complexity index is 710. The first kappa shape index (κ1) is 14.6. The van der Waals surface area contributed by atoms with Crippen LogP contribution in [0.3, 0.4) is 0 Å². The Morgan fingerprint density at radius 1 is 1.24 bits per heavy atom. The van der Waals surface area contributed by atoms with E-state index in [9.17, 15) is 9.90 Å². The molecular weight excluding hydrogens is 264 g/mol. The highest BCUT2D eigenvalue weighted by molar-refractivity contribution is 6.05. The summed E-state index contributed by atoms with van der Waals surface area (Å²) in [6.07, 6.45) is 0. The predicted molar refractivity (Wildman–Crippen MR) is 83.2 cm³/mol. The highest BCUT2D eigenvalue weighted by atomic mass is 16.3. The molecule has 0 aliphatic carbocycles. The van der Waals surface area contributed by atoms with Gasteiger partial charge in [0.1, 0.15) is 5.75 Å². The molecule has 0 atom stereocenters. The Morgan fingerprint density at radius 3 is 2.62 bits per heavy atom. The number of nitrogens with one attached hydrogen (secondary N) is 1. The van der Waals surface area contributed by atoms with Crippen LogP contribution in [-0.2, 0) is 0 Å². The number of aryl methyl sites for hydroxylation is 1. The fourth-order valence-electron chi connectivity index (χ4n) is 1.82. The van der Waals surface area contributed by atoms with Crippen molar-refractivity contribution in [3.63, 3.8) is 0 Å². The third-order valence-electron chi connectivity index (χ3n) is 2.88. The van der Waals surface area contributed by atoms with E-state index >= 15 is 0 Å². The fraction of sp³-hybridized carbons (Fsp3) is 0.118. The number of anilines is 1. The van der Waals surface area contributed by atoms with E-state index in [-0.39, 0.29) is 18.2 Å². The number of phenols is 1. The maximum absolute atomic E-state index is 12.2. The van der Waals surface area contributed by atoms with Crippen molar-refractivity contribution in [1.29, 1.82) is 0 Å². The second-order valence-electron chi connectivity index (χ2n) is 4.56. The average Bonchev–Trinajstić information content (AvgIpc) is 2.48. The van der Waals surface area contributed by atoms with E-state index in [0.29, 0.717) is 11.3 Å². The van der Waals surface area contributed by atoms with Crippen molar-refractivity contribution < 1.29 is 9.90 Å². The number of aromatic hydroxyl groups is 1. The molecule has 0 fully saturated rings. The highest BCUT2D eigenvalue weighted by Gasteiger charge is 2.08. The Kier molecular flexibility index (Phi) is 4.60. The number of hydrogen-bond donors (Lipinski definition) is 3. The summed E-state index contributed by atoms with van der Waals surface area (Å²) in [5.41, 5.74) is 8.27. The number of carbonyl (C=O) groups is 1. The molecule has 0 saturated heterocycles. The molecule has 4 N–H and O–H groups in total. The van der Waals surface area contributed by atoms with Crippen LogP contribution in [0.15, 0.2) is 42.5 Å². The van der Waals surface area contributed by atoms with E-state index in [1.54, 1.807) is 12.1 Å². The summed E-state index contributed by atoms with van der Waals surface area (Å²) in [7, 11) is 0. The maximum Gasteiger partial charge on any atom is 0.255 e. The molecule has 0 saturated carbocycles. The standard InChI is InChI=1S/C17H16N2O2/c1-12-4-9-16(14(11-12)3-2-10-18)19-17(21)13-5-7-15(20)8-6-13/h4-9,11,20H,10,18H2,1H3,(H,19,21). The molecule has 0 aliphatic heterocycles. The molecule has 2 aromatic carbocycles. The summed E-state index contributed by atoms with van der Waals surface area (Å²) in [6.45, 7) is 2.22. The predicted octanol–water partition coefficient (Wildman–Crippen LogP) is 2.26. The van der Waals surface area contributed by atoms with Gasteiger partial charge in [0.25, 0.3) is 5.91 Å². The maximum atomic E-state index is 12.2. The largest absolute Gasteiger partial charge is 0.508 e. The monoisotopic (exact) mass is 280 g/mol. The van der Waals surface area contributed by atoms with Crippen molar-refractivity contribution in [2.24, 2.45) is 5.73 Å². The zero-order chi connectivity index (χ0) is 15.2. The van der Waals surface area contributed by atoms with Crippen LogP contribution in [0.5, 0.6) is 5.75 Å². The first-order valence-corrected chi connectivity index (χ1v) is 6.50. The van der Waals surface area contributed by atoms with Gasteiger partial charge >= 0.3 is 0 Å². The Morgan fingerprint density at radius 2 is 1.95 bits per heavy atom. The summed E-state index contributed by atoms with van der Waals surface area (Å²) in [4.78, 5) is 12.2. The van der Waals surface area contributed by atoms with Crippen LogP contribution in [0.2, 0.25) is 0 Å². The second kappa shape index (κ2) is 6.60. The minimum atomic E-state index is -0.255. The van der Waals surface area contributed by atoms with E-state index in [2.05, 4.69) is 17.2 Å².